The van der Waals surface area contributed by atoms with Gasteiger partial charge in [-0.05, 0) is 85.3 Å². The Morgan fingerprint density at radius 3 is 2.22 bits per heavy atom. The maximum atomic E-state index is 14.0. The van der Waals surface area contributed by atoms with E-state index in [9.17, 15) is 4.79 Å². The first kappa shape index (κ1) is 31.4. The van der Waals surface area contributed by atoms with Crippen LogP contribution in [-0.4, -0.2) is 33.8 Å². The fourth-order valence-corrected chi connectivity index (χ4v) is 6.12. The van der Waals surface area contributed by atoms with Gasteiger partial charge in [-0.15, -0.1) is 11.8 Å². The van der Waals surface area contributed by atoms with Crippen LogP contribution in [-0.2, 0) is 4.79 Å². The Hall–Kier alpha value is -4.59. The van der Waals surface area contributed by atoms with E-state index >= 15 is 0 Å². The van der Waals surface area contributed by atoms with E-state index in [0.717, 1.165) is 45.3 Å². The summed E-state index contributed by atoms with van der Waals surface area (Å²) in [5.41, 5.74) is 5.39. The number of amides is 1. The van der Waals surface area contributed by atoms with Crippen LogP contribution >= 0.6 is 23.4 Å². The number of hydrogen-bond acceptors (Lipinski definition) is 5. The number of halogens is 1. The van der Waals surface area contributed by atoms with Crippen LogP contribution in [0.1, 0.15) is 38.2 Å². The lowest BCUT2D eigenvalue weighted by Crippen LogP contribution is -2.21. The number of para-hydroxylation sites is 2. The van der Waals surface area contributed by atoms with Crippen molar-refractivity contribution in [1.29, 1.82) is 0 Å². The van der Waals surface area contributed by atoms with Gasteiger partial charge >= 0.3 is 0 Å². The minimum atomic E-state index is -0.178. The van der Waals surface area contributed by atoms with Crippen molar-refractivity contribution < 1.29 is 9.53 Å². The first-order valence-electron chi connectivity index (χ1n) is 15.5. The summed E-state index contributed by atoms with van der Waals surface area (Å²) in [6.07, 6.45) is 8.54. The van der Waals surface area contributed by atoms with Crippen LogP contribution in [0.15, 0.2) is 131 Å². The standard InChI is InChI=1S/C38H35ClN4O2S/c1-2-3-4-11-24-45-33-20-16-28(17-21-33)37-29(26-42(41-37)31-12-7-5-8-13-31)25-35-36(27-46-34-22-18-30(39)19-23-34)40-43(38(35)44)32-14-9-6-10-15-32/h5-10,12-23,25-26H,2-4,11,24,27H2,1H3. The number of benzene rings is 4. The maximum Gasteiger partial charge on any atom is 0.280 e. The molecule has 0 N–H and O–H groups in total. The Bertz CT molecular complexity index is 1820. The predicted octanol–water partition coefficient (Wildman–Crippen LogP) is 9.73. The highest BCUT2D eigenvalue weighted by atomic mass is 35.5. The smallest absolute Gasteiger partial charge is 0.280 e. The summed E-state index contributed by atoms with van der Waals surface area (Å²) in [5, 5.41) is 12.0. The molecule has 0 saturated carbocycles. The summed E-state index contributed by atoms with van der Waals surface area (Å²) >= 11 is 7.72. The molecule has 8 heteroatoms. The molecule has 0 bridgehead atoms. The highest BCUT2D eigenvalue weighted by molar-refractivity contribution is 8.00. The van der Waals surface area contributed by atoms with Crippen molar-refractivity contribution in [2.75, 3.05) is 17.4 Å². The SMILES string of the molecule is CCCCCCOc1ccc(-c2nn(-c3ccccc3)cc2C=C2C(=O)N(c3ccccc3)N=C2CSc2ccc(Cl)cc2)cc1. The second kappa shape index (κ2) is 15.1. The molecule has 46 heavy (non-hydrogen) atoms. The van der Waals surface area contributed by atoms with Crippen LogP contribution in [0, 0.1) is 0 Å². The lowest BCUT2D eigenvalue weighted by molar-refractivity contribution is -0.114. The molecule has 5 aromatic rings. The molecular weight excluding hydrogens is 612 g/mol. The van der Waals surface area contributed by atoms with Gasteiger partial charge in [0.15, 0.2) is 0 Å². The number of ether oxygens (including phenoxy) is 1. The molecular formula is C38H35ClN4O2S. The fourth-order valence-electron chi connectivity index (χ4n) is 5.15. The number of carbonyl (C=O) groups is 1. The summed E-state index contributed by atoms with van der Waals surface area (Å²) in [4.78, 5) is 15.0. The van der Waals surface area contributed by atoms with Crippen molar-refractivity contribution in [3.05, 3.63) is 132 Å². The molecule has 1 aromatic heterocycles. The molecule has 6 nitrogen and oxygen atoms in total. The summed E-state index contributed by atoms with van der Waals surface area (Å²) in [6.45, 7) is 2.91. The van der Waals surface area contributed by atoms with Crippen molar-refractivity contribution in [2.24, 2.45) is 5.10 Å². The summed E-state index contributed by atoms with van der Waals surface area (Å²) < 4.78 is 7.85. The molecule has 0 unspecified atom stereocenters. The van der Waals surface area contributed by atoms with Gasteiger partial charge in [0.25, 0.3) is 5.91 Å². The zero-order chi connectivity index (χ0) is 31.7. The summed E-state index contributed by atoms with van der Waals surface area (Å²) in [7, 11) is 0. The van der Waals surface area contributed by atoms with Crippen LogP contribution in [0.5, 0.6) is 5.75 Å². The van der Waals surface area contributed by atoms with Crippen molar-refractivity contribution in [3.63, 3.8) is 0 Å². The monoisotopic (exact) mass is 646 g/mol. The Morgan fingerprint density at radius 1 is 0.826 bits per heavy atom. The molecule has 232 valence electrons. The van der Waals surface area contributed by atoms with Gasteiger partial charge in [-0.2, -0.15) is 15.2 Å². The lowest BCUT2D eigenvalue weighted by Gasteiger charge is -2.11. The Labute approximate surface area is 279 Å². The van der Waals surface area contributed by atoms with Crippen molar-refractivity contribution in [2.45, 2.75) is 37.5 Å². The van der Waals surface area contributed by atoms with Crippen LogP contribution in [0.3, 0.4) is 0 Å². The maximum absolute atomic E-state index is 14.0. The third-order valence-electron chi connectivity index (χ3n) is 7.60. The number of rotatable bonds is 13. The first-order valence-corrected chi connectivity index (χ1v) is 16.9. The molecule has 4 aromatic carbocycles. The molecule has 0 saturated heterocycles. The molecule has 1 amide bonds. The van der Waals surface area contributed by atoms with E-state index in [1.54, 1.807) is 11.8 Å². The van der Waals surface area contributed by atoms with Crippen molar-refractivity contribution in [3.8, 4) is 22.7 Å². The minimum Gasteiger partial charge on any atom is -0.494 e. The predicted molar refractivity (Wildman–Crippen MR) is 190 cm³/mol. The minimum absolute atomic E-state index is 0.178. The van der Waals surface area contributed by atoms with Crippen molar-refractivity contribution in [1.82, 2.24) is 9.78 Å². The second-order valence-electron chi connectivity index (χ2n) is 10.9. The van der Waals surface area contributed by atoms with Crippen LogP contribution in [0.25, 0.3) is 23.0 Å². The number of hydrogen-bond donors (Lipinski definition) is 0. The van der Waals surface area contributed by atoms with Gasteiger partial charge in [0.1, 0.15) is 5.75 Å². The van der Waals surface area contributed by atoms with E-state index in [-0.39, 0.29) is 5.91 Å². The average Bonchev–Trinajstić information content (AvgIpc) is 3.66. The van der Waals surface area contributed by atoms with E-state index in [2.05, 4.69) is 6.92 Å². The molecule has 2 heterocycles. The van der Waals surface area contributed by atoms with E-state index in [1.807, 2.05) is 126 Å². The van der Waals surface area contributed by atoms with Gasteiger partial charge in [0.05, 0.1) is 35.0 Å². The van der Waals surface area contributed by atoms with Crippen molar-refractivity contribution >= 4 is 46.7 Å². The number of thioether (sulfide) groups is 1. The van der Waals surface area contributed by atoms with Gasteiger partial charge in [-0.3, -0.25) is 4.79 Å². The molecule has 0 radical (unpaired) electrons. The number of aromatic nitrogens is 2. The van der Waals surface area contributed by atoms with Crippen LogP contribution in [0.4, 0.5) is 5.69 Å². The molecule has 0 atom stereocenters. The highest BCUT2D eigenvalue weighted by Crippen LogP contribution is 2.32. The van der Waals surface area contributed by atoms with E-state index in [4.69, 9.17) is 26.5 Å². The molecule has 0 fully saturated rings. The Morgan fingerprint density at radius 2 is 1.52 bits per heavy atom. The lowest BCUT2D eigenvalue weighted by atomic mass is 10.0. The highest BCUT2D eigenvalue weighted by Gasteiger charge is 2.31. The Balaban J connectivity index is 1.35. The van der Waals surface area contributed by atoms with E-state index in [0.29, 0.717) is 28.7 Å². The number of unbranched alkanes of at least 4 members (excludes halogenated alkanes) is 3. The normalized spacial score (nSPS) is 13.8. The molecule has 0 aliphatic carbocycles. The van der Waals surface area contributed by atoms with E-state index < -0.39 is 0 Å². The van der Waals surface area contributed by atoms with Gasteiger partial charge in [0.2, 0.25) is 0 Å². The van der Waals surface area contributed by atoms with Gasteiger partial charge < -0.3 is 4.74 Å². The third kappa shape index (κ3) is 7.61. The number of carbonyl (C=O) groups excluding carboxylic acids is 1. The topological polar surface area (TPSA) is 59.7 Å². The number of nitrogens with zero attached hydrogens (tertiary/aromatic N) is 4. The fraction of sp³-hybridized carbons (Fsp3) is 0.184. The number of anilines is 1. The zero-order valence-electron chi connectivity index (χ0n) is 25.7. The largest absolute Gasteiger partial charge is 0.494 e. The Kier molecular flexibility index (Phi) is 10.3. The van der Waals surface area contributed by atoms with Gasteiger partial charge in [-0.25, -0.2) is 4.68 Å². The quantitative estimate of drug-likeness (QED) is 0.0726. The molecule has 6 rings (SSSR count). The number of hydrazone groups is 1. The van der Waals surface area contributed by atoms with E-state index in [1.165, 1.54) is 24.3 Å². The zero-order valence-corrected chi connectivity index (χ0v) is 27.3. The average molecular weight is 647 g/mol. The third-order valence-corrected chi connectivity index (χ3v) is 8.88. The van der Waals surface area contributed by atoms with Crippen LogP contribution < -0.4 is 9.75 Å². The molecule has 1 aliphatic rings. The van der Waals surface area contributed by atoms with Gasteiger partial charge in [0, 0.05) is 33.0 Å². The summed E-state index contributed by atoms with van der Waals surface area (Å²) in [6, 6.07) is 35.2. The first-order chi connectivity index (χ1) is 22.6. The van der Waals surface area contributed by atoms with Crippen LogP contribution in [0.2, 0.25) is 5.02 Å². The molecule has 1 aliphatic heterocycles. The van der Waals surface area contributed by atoms with Gasteiger partial charge in [-0.1, -0.05) is 74.2 Å². The molecule has 0 spiro atoms. The summed E-state index contributed by atoms with van der Waals surface area (Å²) in [5.74, 6) is 1.17. The second-order valence-corrected chi connectivity index (χ2v) is 12.4.